The van der Waals surface area contributed by atoms with E-state index in [0.29, 0.717) is 0 Å². The standard InChI is InChI=1S/C10H19N3O/c1-7-9(8(2)13-12-7)5-11-10(3,4)6-14/h11,14H,5-6H2,1-4H3,(H,12,13). The first-order valence-corrected chi connectivity index (χ1v) is 4.82. The smallest absolute Gasteiger partial charge is 0.0638 e. The second kappa shape index (κ2) is 4.11. The first-order chi connectivity index (χ1) is 6.46. The third kappa shape index (κ3) is 2.56. The maximum Gasteiger partial charge on any atom is 0.0638 e. The van der Waals surface area contributed by atoms with E-state index >= 15 is 0 Å². The summed E-state index contributed by atoms with van der Waals surface area (Å²) in [5.74, 6) is 0. The molecule has 80 valence electrons. The van der Waals surface area contributed by atoms with Crippen molar-refractivity contribution in [1.29, 1.82) is 0 Å². The van der Waals surface area contributed by atoms with Crippen LogP contribution in [0, 0.1) is 13.8 Å². The van der Waals surface area contributed by atoms with Gasteiger partial charge in [0.1, 0.15) is 0 Å². The van der Waals surface area contributed by atoms with Gasteiger partial charge in [-0.05, 0) is 27.7 Å². The van der Waals surface area contributed by atoms with Gasteiger partial charge in [0, 0.05) is 23.3 Å². The van der Waals surface area contributed by atoms with E-state index in [1.807, 2.05) is 27.7 Å². The fourth-order valence-electron chi connectivity index (χ4n) is 1.22. The van der Waals surface area contributed by atoms with Crippen LogP contribution in [0.25, 0.3) is 0 Å². The fourth-order valence-corrected chi connectivity index (χ4v) is 1.22. The van der Waals surface area contributed by atoms with Gasteiger partial charge in [0.15, 0.2) is 0 Å². The van der Waals surface area contributed by atoms with Crippen molar-refractivity contribution in [3.05, 3.63) is 17.0 Å². The summed E-state index contributed by atoms with van der Waals surface area (Å²) in [6, 6.07) is 0. The molecule has 0 amide bonds. The van der Waals surface area contributed by atoms with Crippen molar-refractivity contribution in [1.82, 2.24) is 15.5 Å². The first-order valence-electron chi connectivity index (χ1n) is 4.82. The molecule has 0 unspecified atom stereocenters. The molecular formula is C10H19N3O. The van der Waals surface area contributed by atoms with Crippen LogP contribution in [0.3, 0.4) is 0 Å². The minimum absolute atomic E-state index is 0.128. The predicted molar refractivity (Wildman–Crippen MR) is 56.1 cm³/mol. The number of hydrogen-bond acceptors (Lipinski definition) is 3. The highest BCUT2D eigenvalue weighted by atomic mass is 16.3. The lowest BCUT2D eigenvalue weighted by atomic mass is 10.1. The van der Waals surface area contributed by atoms with E-state index in [0.717, 1.165) is 17.9 Å². The zero-order chi connectivity index (χ0) is 10.8. The van der Waals surface area contributed by atoms with E-state index in [9.17, 15) is 0 Å². The van der Waals surface area contributed by atoms with Crippen LogP contribution in [0.2, 0.25) is 0 Å². The second-order valence-corrected chi connectivity index (χ2v) is 4.31. The number of nitrogens with zero attached hydrogens (tertiary/aromatic N) is 1. The molecule has 1 aromatic heterocycles. The summed E-state index contributed by atoms with van der Waals surface area (Å²) in [7, 11) is 0. The highest BCUT2D eigenvalue weighted by molar-refractivity contribution is 5.22. The maximum atomic E-state index is 9.08. The van der Waals surface area contributed by atoms with Crippen LogP contribution in [-0.4, -0.2) is 27.4 Å². The SMILES string of the molecule is Cc1n[nH]c(C)c1CNC(C)(C)CO. The Morgan fingerprint density at radius 1 is 1.43 bits per heavy atom. The summed E-state index contributed by atoms with van der Waals surface area (Å²) < 4.78 is 0. The Morgan fingerprint density at radius 2 is 2.07 bits per heavy atom. The Kier molecular flexibility index (Phi) is 3.29. The van der Waals surface area contributed by atoms with Gasteiger partial charge >= 0.3 is 0 Å². The Bertz CT molecular complexity index is 285. The average molecular weight is 197 g/mol. The van der Waals surface area contributed by atoms with Gasteiger partial charge in [-0.25, -0.2) is 0 Å². The summed E-state index contributed by atoms with van der Waals surface area (Å²) in [5, 5.41) is 19.4. The van der Waals surface area contributed by atoms with Gasteiger partial charge in [0.2, 0.25) is 0 Å². The third-order valence-corrected chi connectivity index (χ3v) is 2.42. The van der Waals surface area contributed by atoms with E-state index in [4.69, 9.17) is 5.11 Å². The molecule has 4 nitrogen and oxygen atoms in total. The lowest BCUT2D eigenvalue weighted by Gasteiger charge is -2.23. The monoisotopic (exact) mass is 197 g/mol. The molecule has 1 aromatic rings. The normalized spacial score (nSPS) is 12.1. The molecule has 1 heterocycles. The molecule has 0 saturated carbocycles. The Labute approximate surface area is 84.7 Å². The molecule has 0 aliphatic carbocycles. The maximum absolute atomic E-state index is 9.08. The van der Waals surface area contributed by atoms with Crippen LogP contribution in [0.4, 0.5) is 0 Å². The van der Waals surface area contributed by atoms with E-state index in [1.165, 1.54) is 5.56 Å². The van der Waals surface area contributed by atoms with Crippen LogP contribution >= 0.6 is 0 Å². The molecule has 0 fully saturated rings. The Hall–Kier alpha value is -0.870. The molecule has 0 aliphatic heterocycles. The number of nitrogens with one attached hydrogen (secondary N) is 2. The topological polar surface area (TPSA) is 60.9 Å². The van der Waals surface area contributed by atoms with Gasteiger partial charge in [0.05, 0.1) is 12.3 Å². The minimum Gasteiger partial charge on any atom is -0.394 e. The van der Waals surface area contributed by atoms with E-state index in [1.54, 1.807) is 0 Å². The van der Waals surface area contributed by atoms with Crippen LogP contribution in [0.15, 0.2) is 0 Å². The minimum atomic E-state index is -0.240. The second-order valence-electron chi connectivity index (χ2n) is 4.31. The zero-order valence-corrected chi connectivity index (χ0v) is 9.31. The molecule has 0 bridgehead atoms. The van der Waals surface area contributed by atoms with Gasteiger partial charge < -0.3 is 10.4 Å². The molecule has 0 aliphatic rings. The lowest BCUT2D eigenvalue weighted by molar-refractivity contribution is 0.187. The highest BCUT2D eigenvalue weighted by Crippen LogP contribution is 2.10. The zero-order valence-electron chi connectivity index (χ0n) is 9.31. The van der Waals surface area contributed by atoms with Gasteiger partial charge in [-0.2, -0.15) is 5.10 Å². The van der Waals surface area contributed by atoms with Gasteiger partial charge in [-0.3, -0.25) is 5.10 Å². The molecule has 0 aromatic carbocycles. The summed E-state index contributed by atoms with van der Waals surface area (Å²) in [6.45, 7) is 8.79. The van der Waals surface area contributed by atoms with Crippen LogP contribution in [0.1, 0.15) is 30.8 Å². The van der Waals surface area contributed by atoms with Crippen molar-refractivity contribution in [3.8, 4) is 0 Å². The number of aliphatic hydroxyl groups is 1. The van der Waals surface area contributed by atoms with Crippen molar-refractivity contribution in [3.63, 3.8) is 0 Å². The summed E-state index contributed by atoms with van der Waals surface area (Å²) in [6.07, 6.45) is 0. The van der Waals surface area contributed by atoms with E-state index < -0.39 is 0 Å². The van der Waals surface area contributed by atoms with Gasteiger partial charge in [0.25, 0.3) is 0 Å². The van der Waals surface area contributed by atoms with Crippen molar-refractivity contribution in [2.24, 2.45) is 0 Å². The molecule has 0 radical (unpaired) electrons. The van der Waals surface area contributed by atoms with E-state index in [2.05, 4.69) is 15.5 Å². The molecular weight excluding hydrogens is 178 g/mol. The number of rotatable bonds is 4. The Morgan fingerprint density at radius 3 is 2.50 bits per heavy atom. The van der Waals surface area contributed by atoms with Crippen molar-refractivity contribution >= 4 is 0 Å². The predicted octanol–water partition coefficient (Wildman–Crippen LogP) is 0.887. The highest BCUT2D eigenvalue weighted by Gasteiger charge is 2.16. The summed E-state index contributed by atoms with van der Waals surface area (Å²) in [4.78, 5) is 0. The molecule has 3 N–H and O–H groups in total. The number of hydrogen-bond donors (Lipinski definition) is 3. The van der Waals surface area contributed by atoms with Crippen molar-refractivity contribution in [2.45, 2.75) is 39.8 Å². The third-order valence-electron chi connectivity index (χ3n) is 2.42. The van der Waals surface area contributed by atoms with E-state index in [-0.39, 0.29) is 12.1 Å². The number of aryl methyl sites for hydroxylation is 2. The molecule has 0 atom stereocenters. The quantitative estimate of drug-likeness (QED) is 0.671. The van der Waals surface area contributed by atoms with Crippen LogP contribution in [0.5, 0.6) is 0 Å². The first kappa shape index (κ1) is 11.2. The number of aliphatic hydroxyl groups excluding tert-OH is 1. The number of aromatic amines is 1. The molecule has 1 rings (SSSR count). The fraction of sp³-hybridized carbons (Fsp3) is 0.700. The van der Waals surface area contributed by atoms with Crippen LogP contribution < -0.4 is 5.32 Å². The van der Waals surface area contributed by atoms with Gasteiger partial charge in [-0.1, -0.05) is 0 Å². The summed E-state index contributed by atoms with van der Waals surface area (Å²) in [5.41, 5.74) is 3.05. The summed E-state index contributed by atoms with van der Waals surface area (Å²) >= 11 is 0. The Balaban J connectivity index is 2.62. The number of H-pyrrole nitrogens is 1. The lowest BCUT2D eigenvalue weighted by Crippen LogP contribution is -2.42. The van der Waals surface area contributed by atoms with Crippen molar-refractivity contribution in [2.75, 3.05) is 6.61 Å². The molecule has 4 heteroatoms. The molecule has 0 spiro atoms. The number of aromatic nitrogens is 2. The van der Waals surface area contributed by atoms with Crippen LogP contribution in [-0.2, 0) is 6.54 Å². The largest absolute Gasteiger partial charge is 0.394 e. The van der Waals surface area contributed by atoms with Gasteiger partial charge in [-0.15, -0.1) is 0 Å². The average Bonchev–Trinajstić information content (AvgIpc) is 2.44. The molecule has 14 heavy (non-hydrogen) atoms. The molecule has 0 saturated heterocycles. The van der Waals surface area contributed by atoms with Crippen molar-refractivity contribution < 1.29 is 5.11 Å².